The van der Waals surface area contributed by atoms with Crippen LogP contribution in [0.15, 0.2) is 59.7 Å². The van der Waals surface area contributed by atoms with Gasteiger partial charge in [0, 0.05) is 22.3 Å². The summed E-state index contributed by atoms with van der Waals surface area (Å²) in [6, 6.07) is 17.8. The maximum atomic E-state index is 11.8. The third-order valence-electron chi connectivity index (χ3n) is 11.9. The van der Waals surface area contributed by atoms with Crippen molar-refractivity contribution in [2.24, 2.45) is 0 Å². The molecule has 0 bridgehead atoms. The van der Waals surface area contributed by atoms with E-state index in [2.05, 4.69) is 90.1 Å². The molecule has 0 N–H and O–H groups in total. The Balaban J connectivity index is 0.000000440. The van der Waals surface area contributed by atoms with Crippen molar-refractivity contribution >= 4 is 11.4 Å². The van der Waals surface area contributed by atoms with Crippen LogP contribution in [-0.2, 0) is 27.3 Å². The van der Waals surface area contributed by atoms with Gasteiger partial charge in [0.15, 0.2) is 0 Å². The van der Waals surface area contributed by atoms with Crippen LogP contribution in [0.2, 0.25) is 10.8 Å². The van der Waals surface area contributed by atoms with E-state index in [4.69, 9.17) is 0 Å². The first-order valence-corrected chi connectivity index (χ1v) is 26.5. The van der Waals surface area contributed by atoms with Gasteiger partial charge >= 0.3 is 155 Å². The molecular formula is C55H92N2Ni. The van der Waals surface area contributed by atoms with Crippen LogP contribution in [0.4, 0.5) is 0 Å². The number of nitrogens with zero attached hydrogens (tertiary/aromatic N) is 2. The van der Waals surface area contributed by atoms with Crippen LogP contribution in [-0.4, -0.2) is 4.70 Å². The van der Waals surface area contributed by atoms with Gasteiger partial charge in [-0.3, -0.25) is 0 Å². The van der Waals surface area contributed by atoms with Gasteiger partial charge in [-0.25, -0.2) is 4.70 Å². The first-order valence-electron chi connectivity index (χ1n) is 25.1. The molecule has 0 atom stereocenters. The van der Waals surface area contributed by atoms with Gasteiger partial charge in [-0.15, -0.1) is 0 Å². The first kappa shape index (κ1) is 52.2. The van der Waals surface area contributed by atoms with Crippen LogP contribution in [0.3, 0.4) is 0 Å². The van der Waals surface area contributed by atoms with E-state index >= 15 is 0 Å². The minimum absolute atomic E-state index is 1.01. The molecule has 3 rings (SSSR count). The fraction of sp³-hybridized carbons (Fsp3) is 0.709. The van der Waals surface area contributed by atoms with Gasteiger partial charge in [0.1, 0.15) is 0 Å². The van der Waals surface area contributed by atoms with Crippen molar-refractivity contribution < 1.29 is 19.1 Å². The molecule has 0 amide bonds. The molecule has 0 unspecified atom stereocenters. The Labute approximate surface area is 367 Å². The van der Waals surface area contributed by atoms with Gasteiger partial charge in [0.05, 0.1) is 0 Å². The van der Waals surface area contributed by atoms with Gasteiger partial charge < -0.3 is 5.53 Å². The predicted octanol–water partition coefficient (Wildman–Crippen LogP) is 19.3. The van der Waals surface area contributed by atoms with Crippen LogP contribution in [0.25, 0.3) is 16.9 Å². The molecule has 0 aromatic heterocycles. The molecule has 1 aliphatic heterocycles. The summed E-state index contributed by atoms with van der Waals surface area (Å²) in [4.78, 5) is 0. The molecule has 3 heteroatoms. The summed E-state index contributed by atoms with van der Waals surface area (Å²) < 4.78 is 1.55. The maximum absolute atomic E-state index is 11.8. The minimum atomic E-state index is 1.01. The molecule has 1 aliphatic rings. The monoisotopic (exact) mass is 839 g/mol. The van der Waals surface area contributed by atoms with E-state index in [0.29, 0.717) is 0 Å². The van der Waals surface area contributed by atoms with E-state index in [0.717, 1.165) is 67.5 Å². The molecule has 58 heavy (non-hydrogen) atoms. The normalized spacial score (nSPS) is 12.9. The van der Waals surface area contributed by atoms with Crippen molar-refractivity contribution in [3.8, 4) is 0 Å². The average molecular weight is 840 g/mol. The van der Waals surface area contributed by atoms with Crippen LogP contribution in [0.5, 0.6) is 0 Å². The molecule has 0 saturated heterocycles. The number of aryl methyl sites for hydroxylation is 2. The Bertz CT molecular complexity index is 1370. The predicted molar refractivity (Wildman–Crippen MR) is 255 cm³/mol. The third kappa shape index (κ3) is 22.0. The van der Waals surface area contributed by atoms with Crippen molar-refractivity contribution in [1.29, 1.82) is 0 Å². The quantitative estimate of drug-likeness (QED) is 0.0375. The number of benzene rings is 2. The second-order valence-electron chi connectivity index (χ2n) is 17.3. The Morgan fingerprint density at radius 3 is 1.10 bits per heavy atom. The molecule has 1 heterocycles. The van der Waals surface area contributed by atoms with Crippen LogP contribution >= 0.6 is 0 Å². The van der Waals surface area contributed by atoms with E-state index in [1.54, 1.807) is 4.70 Å². The zero-order valence-corrected chi connectivity index (χ0v) is 40.2. The fourth-order valence-corrected chi connectivity index (χ4v) is 9.45. The molecule has 332 valence electrons. The van der Waals surface area contributed by atoms with E-state index < -0.39 is 0 Å². The molecule has 0 aliphatic carbocycles. The SMILES string of the molecule is CCCCCC1=C(c2cccc(CCCC)c2)[N+](=[N-])C(c2cccc(CCCC)c2)=C1CCCC.CCCCCCCCCC[CH2][Ni][CH2]CCCCCCCCCC. The summed E-state index contributed by atoms with van der Waals surface area (Å²) >= 11 is 2.03. The Morgan fingerprint density at radius 1 is 0.379 bits per heavy atom. The van der Waals surface area contributed by atoms with Gasteiger partial charge in [0.25, 0.3) is 0 Å². The van der Waals surface area contributed by atoms with Crippen molar-refractivity contribution in [2.75, 3.05) is 0 Å². The summed E-state index contributed by atoms with van der Waals surface area (Å²) in [5.41, 5.74) is 21.6. The van der Waals surface area contributed by atoms with Crippen LogP contribution < -0.4 is 0 Å². The first-order chi connectivity index (χ1) is 28.6. The molecule has 2 aromatic rings. The van der Waals surface area contributed by atoms with Gasteiger partial charge in [-0.1, -0.05) is 84.1 Å². The van der Waals surface area contributed by atoms with E-state index in [1.807, 2.05) is 14.4 Å². The zero-order valence-electron chi connectivity index (χ0n) is 39.2. The van der Waals surface area contributed by atoms with Crippen molar-refractivity contribution in [3.05, 3.63) is 87.5 Å². The Hall–Kier alpha value is -1.99. The standard InChI is InChI=1S/C33H46N2.2C11H23.Ni/c1-5-9-13-23-31-30(22-12-8-4)32(28-20-14-18-26(24-28)16-10-6-2)35(34)33(31)29-21-15-19-27(25-29)17-11-7-3;2*1-3-5-7-9-11-10-8-6-4-2;/h14-15,18-21,24-25H,5-13,16-17,22-23H2,1-4H3;2*1,3-11H2,2H3;. The summed E-state index contributed by atoms with van der Waals surface area (Å²) in [7, 11) is 0. The molecule has 0 saturated carbocycles. The summed E-state index contributed by atoms with van der Waals surface area (Å²) in [5.74, 6) is 0. The second-order valence-corrected chi connectivity index (χ2v) is 18.7. The number of unbranched alkanes of at least 4 members (excludes halogenated alkanes) is 21. The van der Waals surface area contributed by atoms with E-state index in [9.17, 15) is 5.53 Å². The summed E-state index contributed by atoms with van der Waals surface area (Å²) in [6.07, 6.45) is 41.2. The summed E-state index contributed by atoms with van der Waals surface area (Å²) in [6.45, 7) is 13.6. The summed E-state index contributed by atoms with van der Waals surface area (Å²) in [5, 5.41) is 2.86. The van der Waals surface area contributed by atoms with Crippen LogP contribution in [0, 0.1) is 0 Å². The van der Waals surface area contributed by atoms with Crippen molar-refractivity contribution in [2.45, 2.75) is 251 Å². The topological polar surface area (TPSA) is 25.3 Å². The average Bonchev–Trinajstić information content (AvgIpc) is 3.52. The van der Waals surface area contributed by atoms with Crippen molar-refractivity contribution in [3.63, 3.8) is 0 Å². The Morgan fingerprint density at radius 2 is 0.707 bits per heavy atom. The molecular weight excluding hydrogens is 747 g/mol. The zero-order chi connectivity index (χ0) is 41.9. The van der Waals surface area contributed by atoms with E-state index in [1.165, 1.54) is 187 Å². The molecule has 2 aromatic carbocycles. The van der Waals surface area contributed by atoms with Gasteiger partial charge in [0.2, 0.25) is 11.4 Å². The fourth-order valence-electron chi connectivity index (χ4n) is 8.22. The van der Waals surface area contributed by atoms with Gasteiger partial charge in [-0.2, -0.15) is 0 Å². The Kier molecular flexibility index (Phi) is 32.1. The number of rotatable bonds is 35. The van der Waals surface area contributed by atoms with Gasteiger partial charge in [-0.05, 0) is 86.8 Å². The molecule has 0 fully saturated rings. The van der Waals surface area contributed by atoms with Crippen molar-refractivity contribution in [1.82, 2.24) is 0 Å². The van der Waals surface area contributed by atoms with E-state index in [-0.39, 0.29) is 0 Å². The third-order valence-corrected chi connectivity index (χ3v) is 13.3. The number of allylic oxidation sites excluding steroid dienone is 2. The number of hydrogen-bond donors (Lipinski definition) is 0. The number of hydrogen-bond acceptors (Lipinski definition) is 0. The second kappa shape index (κ2) is 35.7. The molecule has 0 spiro atoms. The molecule has 0 radical (unpaired) electrons. The molecule has 2 nitrogen and oxygen atoms in total. The van der Waals surface area contributed by atoms with Crippen LogP contribution in [0.1, 0.15) is 250 Å².